The molecule has 0 fully saturated rings. The van der Waals surface area contributed by atoms with Crippen molar-refractivity contribution < 1.29 is 9.90 Å². The highest BCUT2D eigenvalue weighted by Crippen LogP contribution is 2.15. The monoisotopic (exact) mass is 385 g/mol. The third-order valence-electron chi connectivity index (χ3n) is 4.38. The van der Waals surface area contributed by atoms with E-state index in [1.54, 1.807) is 30.3 Å². The third-order valence-corrected chi connectivity index (χ3v) is 4.63. The molecule has 0 saturated heterocycles. The summed E-state index contributed by atoms with van der Waals surface area (Å²) in [6, 6.07) is 12.2. The highest BCUT2D eigenvalue weighted by molar-refractivity contribution is 6.30. The smallest absolute Gasteiger partial charge is 0.261 e. The predicted molar refractivity (Wildman–Crippen MR) is 105 cm³/mol. The topological polar surface area (TPSA) is 84.2 Å². The summed E-state index contributed by atoms with van der Waals surface area (Å²) in [6.07, 6.45) is 0.763. The standard InChI is InChI=1S/C20H20ClN3O3/c1-13-3-2-4-16-19(13)23-12-24(20(16)27)10-9-18(26)22-11-17(25)14-5-7-15(21)8-6-14/h2-8,12,17,25H,9-11H2,1H3,(H,22,26)/t17-/m1/s1. The molecule has 0 radical (unpaired) electrons. The van der Waals surface area contributed by atoms with E-state index in [9.17, 15) is 14.7 Å². The first-order valence-electron chi connectivity index (χ1n) is 8.60. The number of carbonyl (C=O) groups excluding carboxylic acids is 1. The van der Waals surface area contributed by atoms with Crippen molar-refractivity contribution in [2.24, 2.45) is 0 Å². The average molecular weight is 386 g/mol. The zero-order valence-electron chi connectivity index (χ0n) is 14.9. The Labute approximate surface area is 161 Å². The summed E-state index contributed by atoms with van der Waals surface area (Å²) in [7, 11) is 0. The van der Waals surface area contributed by atoms with Crippen molar-refractivity contribution in [3.05, 3.63) is 75.3 Å². The summed E-state index contributed by atoms with van der Waals surface area (Å²) in [5.41, 5.74) is 2.11. The van der Waals surface area contributed by atoms with Gasteiger partial charge in [-0.3, -0.25) is 14.2 Å². The predicted octanol–water partition coefficient (Wildman–Crippen LogP) is 2.60. The zero-order chi connectivity index (χ0) is 19.4. The van der Waals surface area contributed by atoms with E-state index in [1.807, 2.05) is 19.1 Å². The van der Waals surface area contributed by atoms with E-state index in [-0.39, 0.29) is 31.0 Å². The first-order chi connectivity index (χ1) is 13.0. The number of nitrogens with zero attached hydrogens (tertiary/aromatic N) is 2. The molecule has 27 heavy (non-hydrogen) atoms. The zero-order valence-corrected chi connectivity index (χ0v) is 15.6. The number of aliphatic hydroxyl groups is 1. The maximum Gasteiger partial charge on any atom is 0.261 e. The fourth-order valence-electron chi connectivity index (χ4n) is 2.82. The van der Waals surface area contributed by atoms with Crippen LogP contribution in [0.3, 0.4) is 0 Å². The molecular weight excluding hydrogens is 366 g/mol. The molecule has 6 nitrogen and oxygen atoms in total. The third kappa shape index (κ3) is 4.53. The number of hydrogen-bond donors (Lipinski definition) is 2. The van der Waals surface area contributed by atoms with Gasteiger partial charge in [0.15, 0.2) is 0 Å². The average Bonchev–Trinajstić information content (AvgIpc) is 2.66. The minimum atomic E-state index is -0.820. The van der Waals surface area contributed by atoms with Crippen LogP contribution in [0.15, 0.2) is 53.6 Å². The lowest BCUT2D eigenvalue weighted by Gasteiger charge is -2.13. The van der Waals surface area contributed by atoms with Gasteiger partial charge >= 0.3 is 0 Å². The second kappa shape index (κ2) is 8.33. The Balaban J connectivity index is 1.58. The van der Waals surface area contributed by atoms with Crippen molar-refractivity contribution in [2.45, 2.75) is 26.0 Å². The highest BCUT2D eigenvalue weighted by Gasteiger charge is 2.11. The fourth-order valence-corrected chi connectivity index (χ4v) is 2.95. The summed E-state index contributed by atoms with van der Waals surface area (Å²) in [5, 5.41) is 13.9. The van der Waals surface area contributed by atoms with Crippen LogP contribution in [0.25, 0.3) is 10.9 Å². The molecule has 0 saturated carbocycles. The van der Waals surface area contributed by atoms with Crippen molar-refractivity contribution in [2.75, 3.05) is 6.54 Å². The van der Waals surface area contributed by atoms with Gasteiger partial charge in [0, 0.05) is 24.5 Å². The fraction of sp³-hybridized carbons (Fsp3) is 0.250. The van der Waals surface area contributed by atoms with Crippen molar-refractivity contribution >= 4 is 28.4 Å². The van der Waals surface area contributed by atoms with Gasteiger partial charge in [-0.25, -0.2) is 4.98 Å². The van der Waals surface area contributed by atoms with Gasteiger partial charge in [0.05, 0.1) is 23.3 Å². The largest absolute Gasteiger partial charge is 0.387 e. The Hall–Kier alpha value is -2.70. The number of aliphatic hydroxyl groups excluding tert-OH is 1. The minimum absolute atomic E-state index is 0.0878. The van der Waals surface area contributed by atoms with Crippen LogP contribution in [0.1, 0.15) is 23.7 Å². The van der Waals surface area contributed by atoms with E-state index in [2.05, 4.69) is 10.3 Å². The number of halogens is 1. The van der Waals surface area contributed by atoms with E-state index < -0.39 is 6.10 Å². The summed E-state index contributed by atoms with van der Waals surface area (Å²) < 4.78 is 1.43. The molecule has 1 atom stereocenters. The second-order valence-electron chi connectivity index (χ2n) is 6.34. The second-order valence-corrected chi connectivity index (χ2v) is 6.77. The molecule has 1 aromatic heterocycles. The molecule has 1 amide bonds. The Morgan fingerprint density at radius 3 is 2.74 bits per heavy atom. The minimum Gasteiger partial charge on any atom is -0.387 e. The van der Waals surface area contributed by atoms with Crippen LogP contribution < -0.4 is 10.9 Å². The number of amides is 1. The van der Waals surface area contributed by atoms with Crippen molar-refractivity contribution in [1.29, 1.82) is 0 Å². The maximum atomic E-state index is 12.5. The van der Waals surface area contributed by atoms with E-state index in [1.165, 1.54) is 10.9 Å². The molecular formula is C20H20ClN3O3. The molecule has 3 aromatic rings. The molecule has 140 valence electrons. The summed E-state index contributed by atoms with van der Waals surface area (Å²) in [4.78, 5) is 28.9. The molecule has 0 aliphatic heterocycles. The molecule has 2 aromatic carbocycles. The summed E-state index contributed by atoms with van der Waals surface area (Å²) >= 11 is 5.82. The van der Waals surface area contributed by atoms with Gasteiger partial charge in [-0.15, -0.1) is 0 Å². The lowest BCUT2D eigenvalue weighted by molar-refractivity contribution is -0.121. The first kappa shape index (κ1) is 19.1. The van der Waals surface area contributed by atoms with E-state index in [4.69, 9.17) is 11.6 Å². The Kier molecular flexibility index (Phi) is 5.88. The molecule has 0 unspecified atom stereocenters. The normalized spacial score (nSPS) is 12.1. The number of benzene rings is 2. The van der Waals surface area contributed by atoms with Crippen LogP contribution >= 0.6 is 11.6 Å². The number of para-hydroxylation sites is 1. The van der Waals surface area contributed by atoms with Crippen LogP contribution in [0, 0.1) is 6.92 Å². The van der Waals surface area contributed by atoms with Gasteiger partial charge in [0.25, 0.3) is 5.56 Å². The SMILES string of the molecule is Cc1cccc2c(=O)n(CCC(=O)NC[C@@H](O)c3ccc(Cl)cc3)cnc12. The lowest BCUT2D eigenvalue weighted by Crippen LogP contribution is -2.30. The van der Waals surface area contributed by atoms with Crippen molar-refractivity contribution in [1.82, 2.24) is 14.9 Å². The number of fused-ring (bicyclic) bond motifs is 1. The quantitative estimate of drug-likeness (QED) is 0.683. The van der Waals surface area contributed by atoms with Crippen LogP contribution in [-0.4, -0.2) is 27.1 Å². The van der Waals surface area contributed by atoms with Gasteiger partial charge in [-0.05, 0) is 36.2 Å². The molecule has 2 N–H and O–H groups in total. The molecule has 0 bridgehead atoms. The molecule has 7 heteroatoms. The van der Waals surface area contributed by atoms with Crippen LogP contribution in [-0.2, 0) is 11.3 Å². The molecule has 0 aliphatic rings. The number of nitrogens with one attached hydrogen (secondary N) is 1. The van der Waals surface area contributed by atoms with Crippen LogP contribution in [0.4, 0.5) is 0 Å². The molecule has 0 aliphatic carbocycles. The van der Waals surface area contributed by atoms with Gasteiger partial charge in [-0.1, -0.05) is 35.9 Å². The van der Waals surface area contributed by atoms with Crippen LogP contribution in [0.5, 0.6) is 0 Å². The van der Waals surface area contributed by atoms with E-state index in [0.717, 1.165) is 5.56 Å². The number of aryl methyl sites for hydroxylation is 2. The summed E-state index contributed by atoms with van der Waals surface area (Å²) in [6.45, 7) is 2.21. The van der Waals surface area contributed by atoms with Gasteiger partial charge in [0.1, 0.15) is 0 Å². The highest BCUT2D eigenvalue weighted by atomic mass is 35.5. The Morgan fingerprint density at radius 1 is 1.26 bits per heavy atom. The van der Waals surface area contributed by atoms with Gasteiger partial charge < -0.3 is 10.4 Å². The molecule has 3 rings (SSSR count). The van der Waals surface area contributed by atoms with E-state index in [0.29, 0.717) is 21.5 Å². The number of carbonyl (C=O) groups is 1. The number of hydrogen-bond acceptors (Lipinski definition) is 4. The Morgan fingerprint density at radius 2 is 2.00 bits per heavy atom. The maximum absolute atomic E-state index is 12.5. The number of aromatic nitrogens is 2. The number of rotatable bonds is 6. The molecule has 0 spiro atoms. The van der Waals surface area contributed by atoms with Gasteiger partial charge in [-0.2, -0.15) is 0 Å². The van der Waals surface area contributed by atoms with E-state index >= 15 is 0 Å². The van der Waals surface area contributed by atoms with Gasteiger partial charge in [0.2, 0.25) is 5.91 Å². The lowest BCUT2D eigenvalue weighted by atomic mass is 10.1. The Bertz CT molecular complexity index is 1020. The molecule has 1 heterocycles. The van der Waals surface area contributed by atoms with Crippen molar-refractivity contribution in [3.63, 3.8) is 0 Å². The summed E-state index contributed by atoms with van der Waals surface area (Å²) in [5.74, 6) is -0.251. The van der Waals surface area contributed by atoms with Crippen molar-refractivity contribution in [3.8, 4) is 0 Å². The first-order valence-corrected chi connectivity index (χ1v) is 8.98. The van der Waals surface area contributed by atoms with Crippen LogP contribution in [0.2, 0.25) is 5.02 Å².